The molecular formula is C30H29N3O4. The minimum absolute atomic E-state index is 0.212. The number of ether oxygens (including phenoxy) is 2. The van der Waals surface area contributed by atoms with Crippen molar-refractivity contribution in [3.05, 3.63) is 115 Å². The van der Waals surface area contributed by atoms with Crippen molar-refractivity contribution in [1.82, 2.24) is 4.98 Å². The van der Waals surface area contributed by atoms with Gasteiger partial charge in [0.15, 0.2) is 12.2 Å². The number of anilines is 2. The Bertz CT molecular complexity index is 1280. The lowest BCUT2D eigenvalue weighted by Gasteiger charge is -2.26. The predicted octanol–water partition coefficient (Wildman–Crippen LogP) is 5.49. The van der Waals surface area contributed by atoms with Gasteiger partial charge >= 0.3 is 0 Å². The molecule has 3 aromatic carbocycles. The zero-order valence-corrected chi connectivity index (χ0v) is 20.8. The number of nitrogens with one attached hydrogen (secondary N) is 1. The number of hydrogen-bond acceptors (Lipinski definition) is 5. The Labute approximate surface area is 216 Å². The summed E-state index contributed by atoms with van der Waals surface area (Å²) >= 11 is 0. The summed E-state index contributed by atoms with van der Waals surface area (Å²) in [5, 5.41) is 2.86. The summed E-state index contributed by atoms with van der Waals surface area (Å²) in [5.74, 6) is 0.751. The SMILES string of the molecule is C[C@H](Oc1ccccc1)C(=O)Nc1ccc(N(Cc2ccccn2)C(=O)[C@@H](C)Oc2ccccc2)cc1. The Morgan fingerprint density at radius 3 is 1.89 bits per heavy atom. The van der Waals surface area contributed by atoms with Crippen LogP contribution < -0.4 is 19.7 Å². The van der Waals surface area contributed by atoms with E-state index in [9.17, 15) is 9.59 Å². The number of aromatic nitrogens is 1. The molecule has 1 aromatic heterocycles. The normalized spacial score (nSPS) is 12.2. The molecule has 0 radical (unpaired) electrons. The molecule has 4 aromatic rings. The Hall–Kier alpha value is -4.65. The molecule has 37 heavy (non-hydrogen) atoms. The van der Waals surface area contributed by atoms with Gasteiger partial charge in [-0.15, -0.1) is 0 Å². The van der Waals surface area contributed by atoms with E-state index in [1.54, 1.807) is 61.3 Å². The van der Waals surface area contributed by atoms with Gasteiger partial charge in [-0.05, 0) is 74.5 Å². The number of para-hydroxylation sites is 2. The first-order valence-electron chi connectivity index (χ1n) is 12.1. The van der Waals surface area contributed by atoms with Gasteiger partial charge in [-0.3, -0.25) is 14.6 Å². The Balaban J connectivity index is 1.47. The van der Waals surface area contributed by atoms with Crippen LogP contribution in [0.3, 0.4) is 0 Å². The fourth-order valence-corrected chi connectivity index (χ4v) is 3.65. The largest absolute Gasteiger partial charge is 0.481 e. The second-order valence-corrected chi connectivity index (χ2v) is 8.43. The zero-order chi connectivity index (χ0) is 26.0. The molecule has 1 N–H and O–H groups in total. The molecular weight excluding hydrogens is 466 g/mol. The first kappa shape index (κ1) is 25.4. The van der Waals surface area contributed by atoms with Crippen LogP contribution in [0.4, 0.5) is 11.4 Å². The molecule has 7 heteroatoms. The summed E-state index contributed by atoms with van der Waals surface area (Å²) in [6.07, 6.45) is 0.293. The van der Waals surface area contributed by atoms with Gasteiger partial charge in [-0.25, -0.2) is 0 Å². The van der Waals surface area contributed by atoms with Crippen LogP contribution >= 0.6 is 0 Å². The molecule has 0 aliphatic heterocycles. The molecule has 2 amide bonds. The van der Waals surface area contributed by atoms with Crippen molar-refractivity contribution in [2.75, 3.05) is 10.2 Å². The lowest BCUT2D eigenvalue weighted by molar-refractivity contribution is -0.124. The van der Waals surface area contributed by atoms with Gasteiger partial charge in [0.25, 0.3) is 11.8 Å². The number of nitrogens with zero attached hydrogens (tertiary/aromatic N) is 2. The van der Waals surface area contributed by atoms with Crippen LogP contribution in [0.25, 0.3) is 0 Å². The average molecular weight is 496 g/mol. The number of amides is 2. The summed E-state index contributed by atoms with van der Waals surface area (Å²) < 4.78 is 11.6. The number of benzene rings is 3. The van der Waals surface area contributed by atoms with Crippen LogP contribution in [-0.4, -0.2) is 29.0 Å². The fourth-order valence-electron chi connectivity index (χ4n) is 3.65. The minimum Gasteiger partial charge on any atom is -0.481 e. The highest BCUT2D eigenvalue weighted by Gasteiger charge is 2.24. The van der Waals surface area contributed by atoms with Crippen molar-refractivity contribution in [3.63, 3.8) is 0 Å². The second kappa shape index (κ2) is 12.4. The molecule has 0 aliphatic rings. The number of carbonyl (C=O) groups is 2. The Kier molecular flexibility index (Phi) is 8.49. The quantitative estimate of drug-likeness (QED) is 0.315. The van der Waals surface area contributed by atoms with E-state index < -0.39 is 12.2 Å². The number of pyridine rings is 1. The summed E-state index contributed by atoms with van der Waals surface area (Å²) in [6.45, 7) is 3.69. The summed E-state index contributed by atoms with van der Waals surface area (Å²) in [5.41, 5.74) is 1.99. The van der Waals surface area contributed by atoms with E-state index in [1.165, 1.54) is 0 Å². The molecule has 188 valence electrons. The first-order chi connectivity index (χ1) is 18.0. The summed E-state index contributed by atoms with van der Waals surface area (Å²) in [7, 11) is 0. The molecule has 7 nitrogen and oxygen atoms in total. The van der Waals surface area contributed by atoms with Crippen molar-refractivity contribution in [2.45, 2.75) is 32.6 Å². The molecule has 2 atom stereocenters. The zero-order valence-electron chi connectivity index (χ0n) is 20.8. The summed E-state index contributed by atoms with van der Waals surface area (Å²) in [4.78, 5) is 32.1. The standard InChI is InChI=1S/C30H29N3O4/c1-22(36-27-12-5-3-6-13-27)29(34)32-24-16-18-26(19-17-24)33(21-25-11-9-10-20-31-25)30(35)23(2)37-28-14-7-4-8-15-28/h3-20,22-23H,21H2,1-2H3,(H,32,34)/t22-,23+/m0/s1. The lowest BCUT2D eigenvalue weighted by Crippen LogP contribution is -2.40. The molecule has 1 heterocycles. The molecule has 0 aliphatic carbocycles. The number of rotatable bonds is 10. The van der Waals surface area contributed by atoms with Gasteiger partial charge in [0.2, 0.25) is 0 Å². The van der Waals surface area contributed by atoms with Gasteiger partial charge in [-0.1, -0.05) is 42.5 Å². The molecule has 0 spiro atoms. The third kappa shape index (κ3) is 7.18. The van der Waals surface area contributed by atoms with Gasteiger partial charge in [0.1, 0.15) is 11.5 Å². The monoisotopic (exact) mass is 495 g/mol. The van der Waals surface area contributed by atoms with Crippen molar-refractivity contribution in [2.24, 2.45) is 0 Å². The molecule has 0 unspecified atom stereocenters. The highest BCUT2D eigenvalue weighted by Crippen LogP contribution is 2.23. The molecule has 0 bridgehead atoms. The van der Waals surface area contributed by atoms with E-state index in [4.69, 9.17) is 9.47 Å². The van der Waals surface area contributed by atoms with E-state index in [0.29, 0.717) is 22.9 Å². The van der Waals surface area contributed by atoms with Crippen LogP contribution in [0.15, 0.2) is 109 Å². The van der Waals surface area contributed by atoms with Gasteiger partial charge in [0.05, 0.1) is 12.2 Å². The maximum Gasteiger partial charge on any atom is 0.268 e. The predicted molar refractivity (Wildman–Crippen MR) is 144 cm³/mol. The topological polar surface area (TPSA) is 80.8 Å². The summed E-state index contributed by atoms with van der Waals surface area (Å²) in [6, 6.07) is 31.1. The van der Waals surface area contributed by atoms with Crippen LogP contribution in [0.2, 0.25) is 0 Å². The lowest BCUT2D eigenvalue weighted by atomic mass is 10.2. The van der Waals surface area contributed by atoms with Gasteiger partial charge in [-0.2, -0.15) is 0 Å². The number of hydrogen-bond donors (Lipinski definition) is 1. The number of carbonyl (C=O) groups excluding carboxylic acids is 2. The van der Waals surface area contributed by atoms with E-state index in [0.717, 1.165) is 5.69 Å². The first-order valence-corrected chi connectivity index (χ1v) is 12.1. The molecule has 0 fully saturated rings. The Morgan fingerprint density at radius 2 is 1.32 bits per heavy atom. The van der Waals surface area contributed by atoms with Crippen LogP contribution in [0.5, 0.6) is 11.5 Å². The third-order valence-electron chi connectivity index (χ3n) is 5.59. The van der Waals surface area contributed by atoms with Crippen molar-refractivity contribution in [1.29, 1.82) is 0 Å². The van der Waals surface area contributed by atoms with E-state index in [2.05, 4.69) is 10.3 Å². The van der Waals surface area contributed by atoms with Crippen LogP contribution in [-0.2, 0) is 16.1 Å². The smallest absolute Gasteiger partial charge is 0.268 e. The van der Waals surface area contributed by atoms with E-state index in [1.807, 2.05) is 66.7 Å². The maximum absolute atomic E-state index is 13.5. The van der Waals surface area contributed by atoms with Crippen LogP contribution in [0, 0.1) is 0 Å². The fraction of sp³-hybridized carbons (Fsp3) is 0.167. The highest BCUT2D eigenvalue weighted by molar-refractivity contribution is 5.97. The molecule has 0 saturated heterocycles. The minimum atomic E-state index is -0.721. The van der Waals surface area contributed by atoms with Crippen molar-refractivity contribution < 1.29 is 19.1 Å². The Morgan fingerprint density at radius 1 is 0.757 bits per heavy atom. The average Bonchev–Trinajstić information content (AvgIpc) is 2.93. The maximum atomic E-state index is 13.5. The second-order valence-electron chi connectivity index (χ2n) is 8.43. The van der Waals surface area contributed by atoms with Gasteiger partial charge < -0.3 is 19.7 Å². The van der Waals surface area contributed by atoms with E-state index >= 15 is 0 Å². The van der Waals surface area contributed by atoms with Crippen molar-refractivity contribution >= 4 is 23.2 Å². The van der Waals surface area contributed by atoms with Gasteiger partial charge in [0, 0.05) is 17.6 Å². The molecule has 0 saturated carbocycles. The molecule has 4 rings (SSSR count). The van der Waals surface area contributed by atoms with E-state index in [-0.39, 0.29) is 18.4 Å². The van der Waals surface area contributed by atoms with Crippen molar-refractivity contribution in [3.8, 4) is 11.5 Å². The van der Waals surface area contributed by atoms with Crippen LogP contribution in [0.1, 0.15) is 19.5 Å². The highest BCUT2D eigenvalue weighted by atomic mass is 16.5. The third-order valence-corrected chi connectivity index (χ3v) is 5.59.